The number of fused-ring (bicyclic) bond motifs is 1. The average Bonchev–Trinajstić information content (AvgIpc) is 3.41. The lowest BCUT2D eigenvalue weighted by Crippen LogP contribution is -2.47. The van der Waals surface area contributed by atoms with Gasteiger partial charge in [-0.15, -0.1) is 11.3 Å². The highest BCUT2D eigenvalue weighted by atomic mass is 32.1. The van der Waals surface area contributed by atoms with Crippen molar-refractivity contribution in [2.45, 2.75) is 58.0 Å². The number of carbonyl (C=O) groups is 2. The van der Waals surface area contributed by atoms with Crippen LogP contribution in [0, 0.1) is 6.92 Å². The van der Waals surface area contributed by atoms with E-state index in [-0.39, 0.29) is 30.4 Å². The van der Waals surface area contributed by atoms with Crippen LogP contribution in [0.25, 0.3) is 0 Å². The largest absolute Gasteiger partial charge is 0.330 e. The van der Waals surface area contributed by atoms with Gasteiger partial charge in [-0.2, -0.15) is 0 Å². The summed E-state index contributed by atoms with van der Waals surface area (Å²) in [5, 5.41) is 2.13. The second kappa shape index (κ2) is 8.08. The molecule has 1 atom stereocenters. The quantitative estimate of drug-likeness (QED) is 0.729. The van der Waals surface area contributed by atoms with Crippen LogP contribution in [0.1, 0.15) is 60.2 Å². The zero-order valence-electron chi connectivity index (χ0n) is 16.7. The molecule has 1 aromatic carbocycles. The summed E-state index contributed by atoms with van der Waals surface area (Å²) in [6.07, 6.45) is 4.30. The predicted molar refractivity (Wildman–Crippen MR) is 112 cm³/mol. The Kier molecular flexibility index (Phi) is 5.54. The van der Waals surface area contributed by atoms with Crippen LogP contribution in [0.5, 0.6) is 0 Å². The molecule has 28 heavy (non-hydrogen) atoms. The minimum absolute atomic E-state index is 0.0500. The summed E-state index contributed by atoms with van der Waals surface area (Å²) in [5.74, 6) is 0.195. The van der Waals surface area contributed by atoms with Gasteiger partial charge in [0, 0.05) is 23.9 Å². The molecule has 0 saturated heterocycles. The first-order chi connectivity index (χ1) is 13.6. The molecule has 4 rings (SSSR count). The van der Waals surface area contributed by atoms with Crippen LogP contribution in [0.4, 0.5) is 0 Å². The molecule has 0 radical (unpaired) electrons. The smallest absolute Gasteiger partial charge is 0.243 e. The first-order valence-corrected chi connectivity index (χ1v) is 11.2. The predicted octanol–water partition coefficient (Wildman–Crippen LogP) is 4.32. The molecular formula is C23H28N2O2S. The topological polar surface area (TPSA) is 40.6 Å². The molecule has 0 bridgehead atoms. The number of carbonyl (C=O) groups excluding carboxylic acids is 2. The van der Waals surface area contributed by atoms with Gasteiger partial charge in [0.05, 0.1) is 6.04 Å². The van der Waals surface area contributed by atoms with Gasteiger partial charge in [0.2, 0.25) is 11.8 Å². The average molecular weight is 397 g/mol. The number of nitrogens with zero attached hydrogens (tertiary/aromatic N) is 2. The molecule has 2 amide bonds. The highest BCUT2D eigenvalue weighted by Crippen LogP contribution is 2.39. The van der Waals surface area contributed by atoms with Crippen molar-refractivity contribution in [3.63, 3.8) is 0 Å². The van der Waals surface area contributed by atoms with Crippen molar-refractivity contribution in [2.24, 2.45) is 0 Å². The van der Waals surface area contributed by atoms with E-state index in [9.17, 15) is 9.59 Å². The minimum Gasteiger partial charge on any atom is -0.330 e. The third-order valence-electron chi connectivity index (χ3n) is 5.85. The number of aryl methyl sites for hydroxylation is 1. The van der Waals surface area contributed by atoms with Gasteiger partial charge < -0.3 is 9.80 Å². The van der Waals surface area contributed by atoms with E-state index in [1.54, 1.807) is 11.3 Å². The van der Waals surface area contributed by atoms with Crippen molar-refractivity contribution in [2.75, 3.05) is 13.1 Å². The third-order valence-corrected chi connectivity index (χ3v) is 6.84. The number of thiophene rings is 1. The summed E-state index contributed by atoms with van der Waals surface area (Å²) < 4.78 is 0. The molecular weight excluding hydrogens is 368 g/mol. The fourth-order valence-electron chi connectivity index (χ4n) is 4.22. The van der Waals surface area contributed by atoms with Crippen LogP contribution in [0.15, 0.2) is 35.7 Å². The molecule has 148 valence electrons. The van der Waals surface area contributed by atoms with E-state index in [0.29, 0.717) is 13.0 Å². The highest BCUT2D eigenvalue weighted by molar-refractivity contribution is 7.10. The molecule has 1 fully saturated rings. The minimum atomic E-state index is -0.0500. The van der Waals surface area contributed by atoms with Crippen molar-refractivity contribution in [3.05, 3.63) is 57.3 Å². The molecule has 1 saturated carbocycles. The first-order valence-electron chi connectivity index (χ1n) is 10.3. The lowest BCUT2D eigenvalue weighted by atomic mass is 9.90. The van der Waals surface area contributed by atoms with Crippen molar-refractivity contribution in [1.29, 1.82) is 0 Å². The molecule has 1 aliphatic carbocycles. The highest BCUT2D eigenvalue weighted by Gasteiger charge is 2.38. The normalized spacial score (nSPS) is 18.6. The molecule has 2 aliphatic rings. The fourth-order valence-corrected chi connectivity index (χ4v) is 5.12. The second-order valence-electron chi connectivity index (χ2n) is 7.90. The summed E-state index contributed by atoms with van der Waals surface area (Å²) in [4.78, 5) is 31.2. The summed E-state index contributed by atoms with van der Waals surface area (Å²) >= 11 is 1.78. The van der Waals surface area contributed by atoms with E-state index in [4.69, 9.17) is 0 Å². The number of amides is 2. The van der Waals surface area contributed by atoms with Crippen LogP contribution in [0.2, 0.25) is 0 Å². The maximum absolute atomic E-state index is 13.4. The maximum atomic E-state index is 13.4. The molecule has 4 nitrogen and oxygen atoms in total. The van der Waals surface area contributed by atoms with Gasteiger partial charge in [-0.05, 0) is 60.7 Å². The Hall–Kier alpha value is -2.14. The Bertz CT molecular complexity index is 871. The van der Waals surface area contributed by atoms with E-state index in [1.165, 1.54) is 21.6 Å². The summed E-state index contributed by atoms with van der Waals surface area (Å²) in [6.45, 7) is 5.05. The molecule has 5 heteroatoms. The summed E-state index contributed by atoms with van der Waals surface area (Å²) in [6, 6.07) is 10.7. The third kappa shape index (κ3) is 3.72. The van der Waals surface area contributed by atoms with E-state index in [0.717, 1.165) is 25.7 Å². The van der Waals surface area contributed by atoms with Gasteiger partial charge in [-0.1, -0.05) is 31.2 Å². The monoisotopic (exact) mass is 396 g/mol. The Morgan fingerprint density at radius 2 is 1.96 bits per heavy atom. The standard InChI is InChI=1S/C23H28N2O2S/c1-3-6-21(26)25(17-9-10-17)15-22(27)24-13-11-20-19(12-14-28-20)23(24)18-8-5-4-7-16(18)2/h4-5,7-8,12,14,17,23H,3,6,9-11,13,15H2,1-2H3/t23-/m0/s1. The van der Waals surface area contributed by atoms with Gasteiger partial charge in [0.1, 0.15) is 6.54 Å². The van der Waals surface area contributed by atoms with Crippen LogP contribution >= 0.6 is 11.3 Å². The second-order valence-corrected chi connectivity index (χ2v) is 8.90. The number of hydrogen-bond donors (Lipinski definition) is 0. The van der Waals surface area contributed by atoms with E-state index in [1.807, 2.05) is 28.9 Å². The van der Waals surface area contributed by atoms with Gasteiger partial charge in [-0.25, -0.2) is 0 Å². The van der Waals surface area contributed by atoms with E-state index in [2.05, 4.69) is 30.5 Å². The van der Waals surface area contributed by atoms with Crippen molar-refractivity contribution in [1.82, 2.24) is 9.80 Å². The number of benzene rings is 1. The molecule has 0 spiro atoms. The zero-order valence-corrected chi connectivity index (χ0v) is 17.5. The Balaban J connectivity index is 1.62. The van der Waals surface area contributed by atoms with Gasteiger partial charge >= 0.3 is 0 Å². The number of rotatable bonds is 6. The van der Waals surface area contributed by atoms with Crippen molar-refractivity contribution >= 4 is 23.2 Å². The first kappa shape index (κ1) is 19.2. The summed E-state index contributed by atoms with van der Waals surface area (Å²) in [7, 11) is 0. The molecule has 0 unspecified atom stereocenters. The summed E-state index contributed by atoms with van der Waals surface area (Å²) in [5.41, 5.74) is 3.63. The lowest BCUT2D eigenvalue weighted by Gasteiger charge is -2.38. The van der Waals surface area contributed by atoms with Gasteiger partial charge in [0.15, 0.2) is 0 Å². The van der Waals surface area contributed by atoms with Gasteiger partial charge in [0.25, 0.3) is 0 Å². The number of hydrogen-bond acceptors (Lipinski definition) is 3. The molecule has 1 aromatic heterocycles. The van der Waals surface area contributed by atoms with E-state index >= 15 is 0 Å². The fraction of sp³-hybridized carbons (Fsp3) is 0.478. The van der Waals surface area contributed by atoms with E-state index < -0.39 is 0 Å². The van der Waals surface area contributed by atoms with Gasteiger partial charge in [-0.3, -0.25) is 9.59 Å². The molecule has 2 heterocycles. The lowest BCUT2D eigenvalue weighted by molar-refractivity contribution is -0.142. The molecule has 1 aliphatic heterocycles. The SMILES string of the molecule is CCCC(=O)N(CC(=O)N1CCc2sccc2[C@@H]1c1ccccc1C)C1CC1. The van der Waals surface area contributed by atoms with Crippen LogP contribution < -0.4 is 0 Å². The maximum Gasteiger partial charge on any atom is 0.243 e. The zero-order chi connectivity index (χ0) is 19.7. The van der Waals surface area contributed by atoms with Crippen molar-refractivity contribution in [3.8, 4) is 0 Å². The van der Waals surface area contributed by atoms with Crippen LogP contribution in [-0.2, 0) is 16.0 Å². The molecule has 2 aromatic rings. The molecule has 0 N–H and O–H groups in total. The van der Waals surface area contributed by atoms with Crippen LogP contribution in [-0.4, -0.2) is 40.7 Å². The Labute approximate surface area is 171 Å². The van der Waals surface area contributed by atoms with Crippen molar-refractivity contribution < 1.29 is 9.59 Å². The Morgan fingerprint density at radius 3 is 2.68 bits per heavy atom. The van der Waals surface area contributed by atoms with Crippen LogP contribution in [0.3, 0.4) is 0 Å². The Morgan fingerprint density at radius 1 is 1.18 bits per heavy atom.